The van der Waals surface area contributed by atoms with Gasteiger partial charge in [-0.15, -0.1) is 6.10 Å². The maximum Gasteiger partial charge on any atom is 1.00 e. The van der Waals surface area contributed by atoms with Crippen molar-refractivity contribution in [2.75, 3.05) is 53.0 Å². The van der Waals surface area contributed by atoms with E-state index in [1.807, 2.05) is 59.5 Å². The Balaban J connectivity index is 0.00000541. The number of aliphatic hydroxyl groups excluding tert-OH is 1. The van der Waals surface area contributed by atoms with Crippen LogP contribution >= 0.6 is 0 Å². The van der Waals surface area contributed by atoms with Crippen molar-refractivity contribution in [2.24, 2.45) is 0 Å². The summed E-state index contributed by atoms with van der Waals surface area (Å²) in [5.74, 6) is -0.319. The summed E-state index contributed by atoms with van der Waals surface area (Å²) in [5, 5.41) is 31.1. The Morgan fingerprint density at radius 3 is 1.77 bits per heavy atom. The fourth-order valence-electron chi connectivity index (χ4n) is 5.94. The molecule has 0 spiro atoms. The molecule has 0 saturated heterocycles. The third-order valence-corrected chi connectivity index (χ3v) is 8.57. The van der Waals surface area contributed by atoms with Gasteiger partial charge >= 0.3 is 34.1 Å². The maximum absolute atomic E-state index is 13.7. The summed E-state index contributed by atoms with van der Waals surface area (Å²) in [6.45, 7) is 4.94. The summed E-state index contributed by atoms with van der Waals surface area (Å²) in [4.78, 5) is 47.1. The van der Waals surface area contributed by atoms with Crippen LogP contribution in [0.3, 0.4) is 0 Å². The first-order valence-electron chi connectivity index (χ1n) is 18.7. The molecular formula is C40H55Cu2N9O5+2. The third kappa shape index (κ3) is 20.0. The van der Waals surface area contributed by atoms with Gasteiger partial charge in [0, 0.05) is 77.6 Å². The molecule has 4 aromatic heterocycles. The van der Waals surface area contributed by atoms with Gasteiger partial charge in [-0.2, -0.15) is 0 Å². The van der Waals surface area contributed by atoms with Crippen LogP contribution in [0.2, 0.25) is 0 Å². The van der Waals surface area contributed by atoms with Gasteiger partial charge in [0.1, 0.15) is 12.6 Å². The quantitative estimate of drug-likeness (QED) is 0.0514. The Kier molecular flexibility index (Phi) is 24.8. The van der Waals surface area contributed by atoms with Crippen molar-refractivity contribution in [3.05, 3.63) is 120 Å². The van der Waals surface area contributed by atoms with E-state index in [1.54, 1.807) is 37.8 Å². The van der Waals surface area contributed by atoms with Gasteiger partial charge in [-0.3, -0.25) is 39.3 Å². The van der Waals surface area contributed by atoms with Crippen molar-refractivity contribution in [3.8, 4) is 0 Å². The van der Waals surface area contributed by atoms with Crippen LogP contribution in [0, 0.1) is 0 Å². The molecule has 2 unspecified atom stereocenters. The number of methoxy groups -OCH3 is 1. The van der Waals surface area contributed by atoms with Crippen LogP contribution in [0.5, 0.6) is 0 Å². The number of nitrogens with two attached hydrogens (primary N) is 1. The van der Waals surface area contributed by atoms with Crippen molar-refractivity contribution in [2.45, 2.75) is 64.1 Å². The molecule has 310 valence electrons. The van der Waals surface area contributed by atoms with Crippen molar-refractivity contribution < 1.29 is 64.0 Å². The second-order valence-electron chi connectivity index (χ2n) is 13.3. The number of pyridine rings is 4. The number of ether oxygens (including phenoxy) is 1. The molecule has 14 nitrogen and oxygen atoms in total. The summed E-state index contributed by atoms with van der Waals surface area (Å²) >= 11 is 0. The molecule has 4 aromatic rings. The second kappa shape index (κ2) is 28.7. The number of rotatable bonds is 26. The molecule has 0 radical (unpaired) electrons. The zero-order chi connectivity index (χ0) is 38.2. The first kappa shape index (κ1) is 48.5. The van der Waals surface area contributed by atoms with E-state index >= 15 is 0 Å². The first-order valence-corrected chi connectivity index (χ1v) is 18.7. The molecule has 0 aliphatic rings. The molecule has 0 fully saturated rings. The predicted molar refractivity (Wildman–Crippen MR) is 202 cm³/mol. The van der Waals surface area contributed by atoms with Gasteiger partial charge in [-0.25, -0.2) is 0 Å². The molecular weight excluding hydrogens is 814 g/mol. The topological polar surface area (TPSA) is 185 Å². The minimum absolute atomic E-state index is 0. The average molecular weight is 869 g/mol. The van der Waals surface area contributed by atoms with Crippen LogP contribution in [-0.4, -0.2) is 112 Å². The van der Waals surface area contributed by atoms with Gasteiger partial charge < -0.3 is 30.9 Å². The molecule has 5 N–H and O–H groups in total. The van der Waals surface area contributed by atoms with Gasteiger partial charge in [0.2, 0.25) is 5.91 Å². The summed E-state index contributed by atoms with van der Waals surface area (Å²) in [6, 6.07) is 20.8. The summed E-state index contributed by atoms with van der Waals surface area (Å²) in [5.41, 5.74) is 3.75. The summed E-state index contributed by atoms with van der Waals surface area (Å²) in [7, 11) is 1.57. The molecule has 2 amide bonds. The summed E-state index contributed by atoms with van der Waals surface area (Å²) in [6.07, 6.45) is 8.50. The van der Waals surface area contributed by atoms with Crippen LogP contribution < -0.4 is 21.1 Å². The molecule has 0 aromatic carbocycles. The van der Waals surface area contributed by atoms with E-state index in [2.05, 4.69) is 40.8 Å². The first-order chi connectivity index (χ1) is 26.4. The number of carbonyl (C=O) groups excluding carboxylic acids is 2. The minimum Gasteiger partial charge on any atom is -0.850 e. The fraction of sp³-hybridized carbons (Fsp3) is 0.450. The van der Waals surface area contributed by atoms with E-state index in [0.717, 1.165) is 48.6 Å². The van der Waals surface area contributed by atoms with E-state index < -0.39 is 12.2 Å². The van der Waals surface area contributed by atoms with E-state index in [0.29, 0.717) is 70.9 Å². The molecule has 0 aliphatic heterocycles. The van der Waals surface area contributed by atoms with Crippen LogP contribution in [0.15, 0.2) is 91.5 Å². The number of aliphatic hydroxyl groups is 1. The van der Waals surface area contributed by atoms with E-state index in [4.69, 9.17) is 4.74 Å². The zero-order valence-corrected chi connectivity index (χ0v) is 33.7. The number of hydrogen-bond donors (Lipinski definition) is 4. The van der Waals surface area contributed by atoms with E-state index in [1.165, 1.54) is 6.20 Å². The SMILES string of the molecule is COCC(O)C[NH2+]CCCCCC(=O)NCCNC(=O)c1ccc(CN(Cc2ccccn2)CC([O-])CN(Cc2ccccn2)Cc2ccccn2)nc1.[Cu+].[Cu+]. The summed E-state index contributed by atoms with van der Waals surface area (Å²) < 4.78 is 4.92. The normalized spacial score (nSPS) is 12.0. The smallest absolute Gasteiger partial charge is 0.850 e. The number of quaternary nitrogens is 1. The van der Waals surface area contributed by atoms with Crippen molar-refractivity contribution >= 4 is 11.8 Å². The minimum atomic E-state index is -0.942. The van der Waals surface area contributed by atoms with Crippen molar-refractivity contribution in [3.63, 3.8) is 0 Å². The molecule has 56 heavy (non-hydrogen) atoms. The standard InChI is InChI=1S/C40H54N9O5.2Cu/c1-54-31-37(50)24-41-17-7-2-3-14-39(52)45-21-22-46-40(53)32-15-16-36(47-23-32)28-49(27-35-13-6-10-20-44-35)30-38(51)29-48(25-33-11-4-8-18-42-33)26-34-12-5-9-19-43-34;;/h4-6,8-13,15-16,18-20,23,37-38,41,50H,2-3,7,14,17,21-22,24-31H2,1H3,(H,45,52)(H,46,53);;/q-1;2*+1/p+1. The van der Waals surface area contributed by atoms with Gasteiger partial charge in [-0.05, 0) is 80.9 Å². The van der Waals surface area contributed by atoms with Crippen molar-refractivity contribution in [1.29, 1.82) is 0 Å². The molecule has 16 heteroatoms. The number of aromatic nitrogens is 4. The second-order valence-corrected chi connectivity index (χ2v) is 13.3. The van der Waals surface area contributed by atoms with Crippen LogP contribution in [0.25, 0.3) is 0 Å². The van der Waals surface area contributed by atoms with Crippen molar-refractivity contribution in [1.82, 2.24) is 40.4 Å². The monoisotopic (exact) mass is 867 g/mol. The van der Waals surface area contributed by atoms with Crippen LogP contribution in [-0.2, 0) is 69.8 Å². The van der Waals surface area contributed by atoms with Crippen LogP contribution in [0.4, 0.5) is 0 Å². The largest absolute Gasteiger partial charge is 1.00 e. The van der Waals surface area contributed by atoms with Gasteiger partial charge in [0.05, 0.1) is 41.5 Å². The third-order valence-electron chi connectivity index (χ3n) is 8.57. The number of hydrogen-bond acceptors (Lipinski definition) is 11. The molecule has 2 atom stereocenters. The number of carbonyl (C=O) groups is 2. The number of nitrogens with one attached hydrogen (secondary N) is 2. The number of amides is 2. The van der Waals surface area contributed by atoms with Crippen LogP contribution in [0.1, 0.15) is 58.8 Å². The molecule has 0 bridgehead atoms. The Hall–Kier alpha value is -3.66. The molecule has 0 aliphatic carbocycles. The molecule has 4 heterocycles. The number of nitrogens with zero attached hydrogens (tertiary/aromatic N) is 6. The van der Waals surface area contributed by atoms with E-state index in [-0.39, 0.29) is 52.5 Å². The fourth-order valence-corrected chi connectivity index (χ4v) is 5.94. The van der Waals surface area contributed by atoms with Gasteiger partial charge in [0.15, 0.2) is 0 Å². The Morgan fingerprint density at radius 1 is 0.750 bits per heavy atom. The number of unbranched alkanes of at least 4 members (excludes halogenated alkanes) is 2. The van der Waals surface area contributed by atoms with E-state index in [9.17, 15) is 19.8 Å². The molecule has 4 rings (SSSR count). The average Bonchev–Trinajstić information content (AvgIpc) is 3.17. The maximum atomic E-state index is 13.7. The Bertz CT molecular complexity index is 1580. The van der Waals surface area contributed by atoms with Gasteiger partial charge in [-0.1, -0.05) is 18.2 Å². The predicted octanol–water partition coefficient (Wildman–Crippen LogP) is 0.672. The van der Waals surface area contributed by atoms with Gasteiger partial charge in [0.25, 0.3) is 5.91 Å². The Labute approximate surface area is 351 Å². The Morgan fingerprint density at radius 2 is 1.29 bits per heavy atom. The zero-order valence-electron chi connectivity index (χ0n) is 31.9. The molecule has 0 saturated carbocycles.